The quantitative estimate of drug-likeness (QED) is 0.932. The molecule has 0 bridgehead atoms. The molecule has 1 N–H and O–H groups in total. The number of nitrogens with zero attached hydrogens (tertiary/aromatic N) is 2. The number of aromatic nitrogens is 2. The van der Waals surface area contributed by atoms with Crippen LogP contribution in [0, 0.1) is 12.3 Å². The molecule has 0 radical (unpaired) electrons. The van der Waals surface area contributed by atoms with Crippen molar-refractivity contribution in [3.05, 3.63) is 22.2 Å². The molecular formula is C15H18N2O3S. The van der Waals surface area contributed by atoms with E-state index < -0.39 is 11.4 Å². The summed E-state index contributed by atoms with van der Waals surface area (Å²) in [6.07, 6.45) is 4.74. The fraction of sp³-hybridized carbons (Fsp3) is 0.533. The molecule has 0 amide bonds. The smallest absolute Gasteiger partial charge is 0.310 e. The summed E-state index contributed by atoms with van der Waals surface area (Å²) in [6, 6.07) is 0. The average Bonchev–Trinajstić information content (AvgIpc) is 3.08. The van der Waals surface area contributed by atoms with Crippen molar-refractivity contribution in [3.8, 4) is 11.4 Å². The van der Waals surface area contributed by atoms with E-state index in [1.54, 1.807) is 11.3 Å². The summed E-state index contributed by atoms with van der Waals surface area (Å²) in [5, 5.41) is 17.6. The van der Waals surface area contributed by atoms with E-state index in [1.165, 1.54) is 0 Å². The second kappa shape index (κ2) is 5.60. The normalized spacial score (nSPS) is 17.8. The zero-order chi connectivity index (χ0) is 14.9. The molecule has 0 aliphatic heterocycles. The summed E-state index contributed by atoms with van der Waals surface area (Å²) in [5.41, 5.74) is 1.34. The first kappa shape index (κ1) is 14.3. The Morgan fingerprint density at radius 1 is 1.38 bits per heavy atom. The van der Waals surface area contributed by atoms with Crippen LogP contribution in [0.1, 0.15) is 43.6 Å². The van der Waals surface area contributed by atoms with Crippen LogP contribution in [-0.4, -0.2) is 21.2 Å². The lowest BCUT2D eigenvalue weighted by Crippen LogP contribution is -2.35. The number of aliphatic carboxylic acids is 1. The Morgan fingerprint density at radius 3 is 2.76 bits per heavy atom. The lowest BCUT2D eigenvalue weighted by atomic mass is 9.72. The van der Waals surface area contributed by atoms with Crippen LogP contribution >= 0.6 is 11.3 Å². The fourth-order valence-corrected chi connectivity index (χ4v) is 3.84. The highest BCUT2D eigenvalue weighted by atomic mass is 32.1. The van der Waals surface area contributed by atoms with Gasteiger partial charge in [-0.3, -0.25) is 4.79 Å². The molecule has 3 rings (SSSR count). The molecule has 1 saturated carbocycles. The molecule has 1 aliphatic rings. The second-order valence-electron chi connectivity index (χ2n) is 5.80. The predicted octanol–water partition coefficient (Wildman–Crippen LogP) is 3.68. The molecule has 2 aromatic rings. The number of hydrogen-bond acceptors (Lipinski definition) is 5. The number of hydrogen-bond donors (Lipinski definition) is 1. The van der Waals surface area contributed by atoms with Gasteiger partial charge in [-0.1, -0.05) is 24.4 Å². The van der Waals surface area contributed by atoms with Gasteiger partial charge in [-0.2, -0.15) is 16.3 Å². The van der Waals surface area contributed by atoms with Gasteiger partial charge < -0.3 is 9.63 Å². The van der Waals surface area contributed by atoms with Gasteiger partial charge in [0.25, 0.3) is 0 Å². The van der Waals surface area contributed by atoms with Crippen molar-refractivity contribution in [1.29, 1.82) is 0 Å². The van der Waals surface area contributed by atoms with E-state index in [1.807, 2.05) is 17.7 Å². The van der Waals surface area contributed by atoms with Crippen LogP contribution in [0.4, 0.5) is 0 Å². The van der Waals surface area contributed by atoms with E-state index in [0.29, 0.717) is 31.0 Å². The minimum atomic E-state index is -0.742. The first-order chi connectivity index (χ1) is 10.1. The topological polar surface area (TPSA) is 76.2 Å². The molecule has 2 heterocycles. The first-order valence-electron chi connectivity index (χ1n) is 7.20. The van der Waals surface area contributed by atoms with Gasteiger partial charge in [0.1, 0.15) is 0 Å². The van der Waals surface area contributed by atoms with E-state index in [-0.39, 0.29) is 0 Å². The molecule has 5 nitrogen and oxygen atoms in total. The van der Waals surface area contributed by atoms with Gasteiger partial charge in [0.05, 0.1) is 5.41 Å². The standard InChI is InChI=1S/C15H18N2O3S/c1-10-8-21-9-11(10)13-16-12(20-17-13)7-15(14(18)19)5-3-2-4-6-15/h8-9H,2-7H2,1H3,(H,18,19). The van der Waals surface area contributed by atoms with Gasteiger partial charge in [0.15, 0.2) is 0 Å². The van der Waals surface area contributed by atoms with E-state index in [0.717, 1.165) is 30.4 Å². The van der Waals surface area contributed by atoms with Crippen LogP contribution in [0.3, 0.4) is 0 Å². The van der Waals surface area contributed by atoms with Crippen LogP contribution in [0.2, 0.25) is 0 Å². The van der Waals surface area contributed by atoms with E-state index in [4.69, 9.17) is 4.52 Å². The molecule has 0 aromatic carbocycles. The molecule has 6 heteroatoms. The van der Waals surface area contributed by atoms with Gasteiger partial charge in [0.2, 0.25) is 11.7 Å². The Labute approximate surface area is 127 Å². The summed E-state index contributed by atoms with van der Waals surface area (Å²) in [4.78, 5) is 16.1. The monoisotopic (exact) mass is 306 g/mol. The zero-order valence-corrected chi connectivity index (χ0v) is 12.8. The molecule has 2 aromatic heterocycles. The molecule has 112 valence electrons. The first-order valence-corrected chi connectivity index (χ1v) is 8.14. The Hall–Kier alpha value is -1.69. The van der Waals surface area contributed by atoms with Crippen LogP contribution in [0.5, 0.6) is 0 Å². The van der Waals surface area contributed by atoms with Crippen molar-refractivity contribution in [3.63, 3.8) is 0 Å². The molecule has 0 spiro atoms. The number of carboxylic acids is 1. The van der Waals surface area contributed by atoms with Crippen molar-refractivity contribution >= 4 is 17.3 Å². The second-order valence-corrected chi connectivity index (χ2v) is 6.55. The van der Waals surface area contributed by atoms with E-state index in [2.05, 4.69) is 10.1 Å². The number of carboxylic acid groups (broad SMARTS) is 1. The van der Waals surface area contributed by atoms with Crippen molar-refractivity contribution in [2.24, 2.45) is 5.41 Å². The maximum absolute atomic E-state index is 11.7. The van der Waals surface area contributed by atoms with Gasteiger partial charge in [-0.05, 0) is 30.7 Å². The maximum atomic E-state index is 11.7. The summed E-state index contributed by atoms with van der Waals surface area (Å²) < 4.78 is 5.30. The Kier molecular flexibility index (Phi) is 3.80. The van der Waals surface area contributed by atoms with Crippen molar-refractivity contribution in [1.82, 2.24) is 10.1 Å². The van der Waals surface area contributed by atoms with Gasteiger partial charge in [-0.25, -0.2) is 0 Å². The highest BCUT2D eigenvalue weighted by Crippen LogP contribution is 2.39. The average molecular weight is 306 g/mol. The zero-order valence-electron chi connectivity index (χ0n) is 12.0. The largest absolute Gasteiger partial charge is 0.481 e. The Bertz CT molecular complexity index is 641. The Balaban J connectivity index is 1.83. The van der Waals surface area contributed by atoms with Crippen LogP contribution < -0.4 is 0 Å². The SMILES string of the molecule is Cc1cscc1-c1noc(CC2(C(=O)O)CCCCC2)n1. The van der Waals surface area contributed by atoms with Crippen molar-refractivity contribution < 1.29 is 14.4 Å². The van der Waals surface area contributed by atoms with E-state index in [9.17, 15) is 9.90 Å². The molecule has 0 atom stereocenters. The molecule has 0 saturated heterocycles. The number of rotatable bonds is 4. The minimum absolute atomic E-state index is 0.332. The summed E-state index contributed by atoms with van der Waals surface area (Å²) in [7, 11) is 0. The number of aryl methyl sites for hydroxylation is 1. The fourth-order valence-electron chi connectivity index (χ4n) is 3.01. The van der Waals surface area contributed by atoms with Crippen LogP contribution in [-0.2, 0) is 11.2 Å². The molecule has 1 aliphatic carbocycles. The van der Waals surface area contributed by atoms with Gasteiger partial charge in [-0.15, -0.1) is 0 Å². The molecule has 21 heavy (non-hydrogen) atoms. The summed E-state index contributed by atoms with van der Waals surface area (Å²) >= 11 is 1.59. The minimum Gasteiger partial charge on any atom is -0.481 e. The maximum Gasteiger partial charge on any atom is 0.310 e. The highest BCUT2D eigenvalue weighted by molar-refractivity contribution is 7.08. The van der Waals surface area contributed by atoms with Gasteiger partial charge >= 0.3 is 5.97 Å². The van der Waals surface area contributed by atoms with Crippen LogP contribution in [0.15, 0.2) is 15.3 Å². The van der Waals surface area contributed by atoms with Crippen molar-refractivity contribution in [2.75, 3.05) is 0 Å². The molecule has 0 unspecified atom stereocenters. The molecular weight excluding hydrogens is 288 g/mol. The predicted molar refractivity (Wildman–Crippen MR) is 79.2 cm³/mol. The third-order valence-electron chi connectivity index (χ3n) is 4.32. The number of carbonyl (C=O) groups is 1. The summed E-state index contributed by atoms with van der Waals surface area (Å²) in [6.45, 7) is 2.00. The third kappa shape index (κ3) is 2.72. The van der Waals surface area contributed by atoms with Gasteiger partial charge in [0, 0.05) is 17.4 Å². The van der Waals surface area contributed by atoms with Crippen LogP contribution in [0.25, 0.3) is 11.4 Å². The molecule has 1 fully saturated rings. The lowest BCUT2D eigenvalue weighted by molar-refractivity contribution is -0.151. The highest BCUT2D eigenvalue weighted by Gasteiger charge is 2.41. The Morgan fingerprint density at radius 2 is 2.14 bits per heavy atom. The number of thiophene rings is 1. The van der Waals surface area contributed by atoms with Crippen molar-refractivity contribution in [2.45, 2.75) is 45.4 Å². The van der Waals surface area contributed by atoms with E-state index >= 15 is 0 Å². The third-order valence-corrected chi connectivity index (χ3v) is 5.18. The summed E-state index contributed by atoms with van der Waals surface area (Å²) in [5.74, 6) is 0.244. The lowest BCUT2D eigenvalue weighted by Gasteiger charge is -2.31.